The average molecular weight is 219 g/mol. The van der Waals surface area contributed by atoms with Crippen molar-refractivity contribution in [2.45, 2.75) is 23.8 Å². The fourth-order valence-electron chi connectivity index (χ4n) is 1.23. The molecule has 0 aromatic carbocycles. The van der Waals surface area contributed by atoms with Crippen molar-refractivity contribution in [3.05, 3.63) is 18.0 Å². The molecule has 1 aromatic heterocycles. The third-order valence-corrected chi connectivity index (χ3v) is 3.79. The summed E-state index contributed by atoms with van der Waals surface area (Å²) < 4.78 is 5.62. The minimum atomic E-state index is 0.143. The molecule has 5 heteroatoms. The van der Waals surface area contributed by atoms with Gasteiger partial charge in [-0.15, -0.1) is 23.4 Å². The molecule has 0 bridgehead atoms. The molecule has 1 aromatic rings. The van der Waals surface area contributed by atoms with Crippen LogP contribution in [0.2, 0.25) is 0 Å². The predicted octanol–water partition coefficient (Wildman–Crippen LogP) is 2.00. The van der Waals surface area contributed by atoms with Gasteiger partial charge in [0.05, 0.1) is 17.7 Å². The summed E-state index contributed by atoms with van der Waals surface area (Å²) in [6.45, 7) is 0.570. The maximum absolute atomic E-state index is 6.05. The van der Waals surface area contributed by atoms with Gasteiger partial charge in [-0.2, -0.15) is 5.10 Å². The standard InChI is InChI=1S/C8H11ClN2OS/c9-7-2-4-13-8(7)12-5-6-1-3-10-11-6/h1,3,7-8H,2,4-5H2,(H,10,11). The molecule has 0 aliphatic carbocycles. The third kappa shape index (κ3) is 2.39. The third-order valence-electron chi connectivity index (χ3n) is 1.93. The molecule has 2 atom stereocenters. The van der Waals surface area contributed by atoms with Crippen molar-refractivity contribution in [3.8, 4) is 0 Å². The lowest BCUT2D eigenvalue weighted by Crippen LogP contribution is -2.15. The van der Waals surface area contributed by atoms with Crippen molar-refractivity contribution in [3.63, 3.8) is 0 Å². The van der Waals surface area contributed by atoms with Crippen molar-refractivity contribution in [1.82, 2.24) is 10.2 Å². The van der Waals surface area contributed by atoms with E-state index in [0.29, 0.717) is 6.61 Å². The van der Waals surface area contributed by atoms with Crippen LogP contribution in [-0.4, -0.2) is 26.8 Å². The number of thioether (sulfide) groups is 1. The van der Waals surface area contributed by atoms with E-state index < -0.39 is 0 Å². The van der Waals surface area contributed by atoms with Gasteiger partial charge < -0.3 is 4.74 Å². The number of hydrogen-bond donors (Lipinski definition) is 1. The lowest BCUT2D eigenvalue weighted by atomic mass is 10.3. The number of aromatic amines is 1. The van der Waals surface area contributed by atoms with E-state index in [2.05, 4.69) is 10.2 Å². The van der Waals surface area contributed by atoms with Crippen LogP contribution in [-0.2, 0) is 11.3 Å². The highest BCUT2D eigenvalue weighted by atomic mass is 35.5. The van der Waals surface area contributed by atoms with Gasteiger partial charge in [0, 0.05) is 6.20 Å². The van der Waals surface area contributed by atoms with Gasteiger partial charge >= 0.3 is 0 Å². The summed E-state index contributed by atoms with van der Waals surface area (Å²) in [6.07, 6.45) is 2.76. The molecule has 2 heterocycles. The smallest absolute Gasteiger partial charge is 0.120 e. The molecule has 2 unspecified atom stereocenters. The van der Waals surface area contributed by atoms with Crippen LogP contribution < -0.4 is 0 Å². The van der Waals surface area contributed by atoms with Crippen molar-refractivity contribution in [2.75, 3.05) is 5.75 Å². The molecule has 1 fully saturated rings. The van der Waals surface area contributed by atoms with Gasteiger partial charge in [0.1, 0.15) is 5.44 Å². The Morgan fingerprint density at radius 2 is 2.69 bits per heavy atom. The molecule has 1 saturated heterocycles. The highest BCUT2D eigenvalue weighted by molar-refractivity contribution is 8.00. The van der Waals surface area contributed by atoms with E-state index in [-0.39, 0.29) is 10.8 Å². The molecule has 0 saturated carbocycles. The molecule has 0 amide bonds. The van der Waals surface area contributed by atoms with E-state index in [4.69, 9.17) is 16.3 Å². The molecule has 1 aliphatic rings. The van der Waals surface area contributed by atoms with Gasteiger partial charge in [0.2, 0.25) is 0 Å². The fourth-order valence-corrected chi connectivity index (χ4v) is 2.89. The molecular formula is C8H11ClN2OS. The highest BCUT2D eigenvalue weighted by Crippen LogP contribution is 2.31. The van der Waals surface area contributed by atoms with Crippen LogP contribution >= 0.6 is 23.4 Å². The van der Waals surface area contributed by atoms with Gasteiger partial charge in [-0.05, 0) is 18.2 Å². The fraction of sp³-hybridized carbons (Fsp3) is 0.625. The molecular weight excluding hydrogens is 208 g/mol. The second-order valence-electron chi connectivity index (χ2n) is 2.94. The van der Waals surface area contributed by atoms with E-state index in [9.17, 15) is 0 Å². The van der Waals surface area contributed by atoms with Crippen LogP contribution in [0.4, 0.5) is 0 Å². The second kappa shape index (κ2) is 4.35. The summed E-state index contributed by atoms with van der Waals surface area (Å²) >= 11 is 7.83. The average Bonchev–Trinajstić information content (AvgIpc) is 2.72. The van der Waals surface area contributed by atoms with Crippen LogP contribution in [0.3, 0.4) is 0 Å². The molecule has 1 aliphatic heterocycles. The van der Waals surface area contributed by atoms with Crippen LogP contribution in [0, 0.1) is 0 Å². The van der Waals surface area contributed by atoms with Crippen LogP contribution in [0.25, 0.3) is 0 Å². The van der Waals surface area contributed by atoms with Crippen molar-refractivity contribution < 1.29 is 4.74 Å². The Morgan fingerprint density at radius 1 is 1.77 bits per heavy atom. The molecule has 0 radical (unpaired) electrons. The first kappa shape index (κ1) is 9.37. The number of nitrogens with zero attached hydrogens (tertiary/aromatic N) is 1. The summed E-state index contributed by atoms with van der Waals surface area (Å²) in [7, 11) is 0. The Labute approximate surface area is 86.2 Å². The SMILES string of the molecule is ClC1CCSC1OCc1ccn[nH]1. The molecule has 3 nitrogen and oxygen atoms in total. The number of nitrogens with one attached hydrogen (secondary N) is 1. The quantitative estimate of drug-likeness (QED) is 0.789. The van der Waals surface area contributed by atoms with Gasteiger partial charge in [0.25, 0.3) is 0 Å². The zero-order valence-corrected chi connectivity index (χ0v) is 8.64. The first-order valence-corrected chi connectivity index (χ1v) is 5.70. The number of hydrogen-bond acceptors (Lipinski definition) is 3. The number of aromatic nitrogens is 2. The van der Waals surface area contributed by atoms with Gasteiger partial charge in [-0.1, -0.05) is 0 Å². The monoisotopic (exact) mass is 218 g/mol. The lowest BCUT2D eigenvalue weighted by Gasteiger charge is -2.12. The predicted molar refractivity (Wildman–Crippen MR) is 53.9 cm³/mol. The first-order chi connectivity index (χ1) is 6.36. The maximum Gasteiger partial charge on any atom is 0.120 e. The first-order valence-electron chi connectivity index (χ1n) is 4.22. The Morgan fingerprint density at radius 3 is 3.31 bits per heavy atom. The number of alkyl halides is 1. The number of halogens is 1. The van der Waals surface area contributed by atoms with E-state index in [0.717, 1.165) is 17.9 Å². The Bertz CT molecular complexity index is 255. The molecule has 2 rings (SSSR count). The topological polar surface area (TPSA) is 37.9 Å². The minimum absolute atomic E-state index is 0.143. The maximum atomic E-state index is 6.05. The Hall–Kier alpha value is -0.190. The number of rotatable bonds is 3. The van der Waals surface area contributed by atoms with Crippen LogP contribution in [0.5, 0.6) is 0 Å². The normalized spacial score (nSPS) is 28.1. The Kier molecular flexibility index (Phi) is 3.14. The second-order valence-corrected chi connectivity index (χ2v) is 4.70. The van der Waals surface area contributed by atoms with E-state index >= 15 is 0 Å². The van der Waals surface area contributed by atoms with E-state index in [1.54, 1.807) is 18.0 Å². The van der Waals surface area contributed by atoms with Gasteiger partial charge in [-0.25, -0.2) is 0 Å². The molecule has 0 spiro atoms. The molecule has 1 N–H and O–H groups in total. The van der Waals surface area contributed by atoms with Gasteiger partial charge in [0.15, 0.2) is 0 Å². The molecule has 13 heavy (non-hydrogen) atoms. The largest absolute Gasteiger partial charge is 0.360 e. The summed E-state index contributed by atoms with van der Waals surface area (Å²) in [6, 6.07) is 1.91. The summed E-state index contributed by atoms with van der Waals surface area (Å²) in [5.74, 6) is 1.10. The van der Waals surface area contributed by atoms with Crippen molar-refractivity contribution in [1.29, 1.82) is 0 Å². The highest BCUT2D eigenvalue weighted by Gasteiger charge is 2.26. The summed E-state index contributed by atoms with van der Waals surface area (Å²) in [5, 5.41) is 6.85. The zero-order chi connectivity index (χ0) is 9.10. The van der Waals surface area contributed by atoms with E-state index in [1.165, 1.54) is 0 Å². The van der Waals surface area contributed by atoms with Crippen molar-refractivity contribution >= 4 is 23.4 Å². The van der Waals surface area contributed by atoms with E-state index in [1.807, 2.05) is 6.07 Å². The minimum Gasteiger partial charge on any atom is -0.360 e. The summed E-state index contributed by atoms with van der Waals surface area (Å²) in [4.78, 5) is 0. The van der Waals surface area contributed by atoms with Crippen LogP contribution in [0.15, 0.2) is 12.3 Å². The van der Waals surface area contributed by atoms with Crippen molar-refractivity contribution in [2.24, 2.45) is 0 Å². The summed E-state index contributed by atoms with van der Waals surface area (Å²) in [5.41, 5.74) is 1.14. The zero-order valence-electron chi connectivity index (χ0n) is 7.07. The Balaban J connectivity index is 1.79. The lowest BCUT2D eigenvalue weighted by molar-refractivity contribution is 0.0974. The molecule has 72 valence electrons. The van der Waals surface area contributed by atoms with Gasteiger partial charge in [-0.3, -0.25) is 5.10 Å². The van der Waals surface area contributed by atoms with Crippen LogP contribution in [0.1, 0.15) is 12.1 Å². The number of H-pyrrole nitrogens is 1. The number of ether oxygens (including phenoxy) is 1.